The van der Waals surface area contributed by atoms with Gasteiger partial charge in [0.1, 0.15) is 11.4 Å². The van der Waals surface area contributed by atoms with E-state index in [1.54, 1.807) is 6.07 Å². The zero-order valence-electron chi connectivity index (χ0n) is 21.8. The van der Waals surface area contributed by atoms with Gasteiger partial charge in [0.15, 0.2) is 0 Å². The van der Waals surface area contributed by atoms with Gasteiger partial charge >= 0.3 is 0 Å². The second-order valence-electron chi connectivity index (χ2n) is 9.68. The Balaban J connectivity index is 1.51. The van der Waals surface area contributed by atoms with Crippen LogP contribution in [0.3, 0.4) is 0 Å². The summed E-state index contributed by atoms with van der Waals surface area (Å²) in [6.07, 6.45) is 6.91. The van der Waals surface area contributed by atoms with Crippen molar-refractivity contribution in [1.82, 2.24) is 19.4 Å². The first-order valence-electron chi connectivity index (χ1n) is 12.4. The summed E-state index contributed by atoms with van der Waals surface area (Å²) in [5.41, 5.74) is 6.15. The van der Waals surface area contributed by atoms with E-state index in [0.29, 0.717) is 34.4 Å². The number of aryl methyl sites for hydroxylation is 3. The van der Waals surface area contributed by atoms with Crippen LogP contribution in [-0.2, 0) is 19.9 Å². The number of benzene rings is 2. The Bertz CT molecular complexity index is 1530. The van der Waals surface area contributed by atoms with Gasteiger partial charge in [-0.15, -0.1) is 0 Å². The van der Waals surface area contributed by atoms with Gasteiger partial charge in [-0.25, -0.2) is 9.97 Å². The maximum absolute atomic E-state index is 11.8. The molecule has 0 spiro atoms. The monoisotopic (exact) mass is 535 g/mol. The van der Waals surface area contributed by atoms with Gasteiger partial charge in [-0.1, -0.05) is 23.7 Å². The van der Waals surface area contributed by atoms with Crippen molar-refractivity contribution in [2.75, 3.05) is 44.9 Å². The number of nitro groups is 1. The molecule has 1 aliphatic rings. The molecule has 0 saturated heterocycles. The molecule has 0 radical (unpaired) electrons. The molecular weight excluding hydrogens is 506 g/mol. The molecule has 10 nitrogen and oxygen atoms in total. The highest BCUT2D eigenvalue weighted by Crippen LogP contribution is 2.40. The minimum absolute atomic E-state index is 0.0795. The summed E-state index contributed by atoms with van der Waals surface area (Å²) in [5.74, 6) is 0.673. The lowest BCUT2D eigenvalue weighted by Gasteiger charge is -2.15. The van der Waals surface area contributed by atoms with Crippen LogP contribution in [0.4, 0.5) is 23.0 Å². The van der Waals surface area contributed by atoms with Crippen LogP contribution in [-0.4, -0.2) is 58.7 Å². The molecule has 0 amide bonds. The van der Waals surface area contributed by atoms with Crippen LogP contribution in [0.2, 0.25) is 5.02 Å². The number of hydrogen-bond donors (Lipinski definition) is 2. The van der Waals surface area contributed by atoms with Crippen molar-refractivity contribution in [3.05, 3.63) is 62.9 Å². The average molecular weight is 536 g/mol. The van der Waals surface area contributed by atoms with E-state index >= 15 is 0 Å². The number of aromatic nitrogens is 3. The Morgan fingerprint density at radius 1 is 1.24 bits per heavy atom. The number of nitro benzene ring substituents is 1. The smallest absolute Gasteiger partial charge is 0.294 e. The summed E-state index contributed by atoms with van der Waals surface area (Å²) in [5, 5.41) is 19.6. The first-order valence-corrected chi connectivity index (χ1v) is 12.8. The highest BCUT2D eigenvalue weighted by molar-refractivity contribution is 6.33. The summed E-state index contributed by atoms with van der Waals surface area (Å²) in [6, 6.07) is 7.36. The van der Waals surface area contributed by atoms with Crippen molar-refractivity contribution in [2.45, 2.75) is 19.3 Å². The third-order valence-corrected chi connectivity index (χ3v) is 7.13. The van der Waals surface area contributed by atoms with Crippen LogP contribution in [0, 0.1) is 10.1 Å². The molecule has 0 atom stereocenters. The van der Waals surface area contributed by atoms with E-state index < -0.39 is 4.92 Å². The number of likely N-dealkylation sites (N-methyl/N-ethyl adjacent to an activating group) is 1. The van der Waals surface area contributed by atoms with Crippen LogP contribution < -0.4 is 15.4 Å². The van der Waals surface area contributed by atoms with E-state index in [4.69, 9.17) is 21.3 Å². The van der Waals surface area contributed by atoms with Crippen LogP contribution in [0.15, 0.2) is 36.7 Å². The minimum Gasteiger partial charge on any atom is -0.494 e. The first-order chi connectivity index (χ1) is 18.3. The predicted molar refractivity (Wildman–Crippen MR) is 151 cm³/mol. The first kappa shape index (κ1) is 25.7. The van der Waals surface area contributed by atoms with Gasteiger partial charge < -0.3 is 24.8 Å². The van der Waals surface area contributed by atoms with E-state index in [9.17, 15) is 10.1 Å². The number of hydrogen-bond acceptors (Lipinski definition) is 8. The predicted octanol–water partition coefficient (Wildman–Crippen LogP) is 5.41. The molecule has 1 aliphatic carbocycles. The van der Waals surface area contributed by atoms with Gasteiger partial charge in [0, 0.05) is 49.4 Å². The van der Waals surface area contributed by atoms with E-state index in [0.717, 1.165) is 36.8 Å². The number of fused-ring (bicyclic) bond motifs is 3. The zero-order valence-corrected chi connectivity index (χ0v) is 22.6. The number of ether oxygens (including phenoxy) is 1. The van der Waals surface area contributed by atoms with Crippen molar-refractivity contribution < 1.29 is 9.66 Å². The fraction of sp³-hybridized carbons (Fsp3) is 0.333. The fourth-order valence-corrected chi connectivity index (χ4v) is 5.25. The number of anilines is 3. The standard InChI is InChI=1S/C27H30ClN7O3/c1-33(2)11-10-29-21-13-24(38-4)22(12-23(21)35(36)37)31-27-30-14-20(28)25(32-27)19-15-34(3)26-17-7-5-6-16(17)8-9-18(19)26/h8-9,12-15,29H,5-7,10-11H2,1-4H3,(H,30,31,32). The summed E-state index contributed by atoms with van der Waals surface area (Å²) >= 11 is 6.59. The molecule has 2 heterocycles. The number of methoxy groups -OCH3 is 1. The molecule has 2 aromatic carbocycles. The number of nitrogens with zero attached hydrogens (tertiary/aromatic N) is 5. The van der Waals surface area contributed by atoms with Gasteiger partial charge in [-0.3, -0.25) is 10.1 Å². The molecule has 11 heteroatoms. The van der Waals surface area contributed by atoms with Gasteiger partial charge in [-0.05, 0) is 44.5 Å². The summed E-state index contributed by atoms with van der Waals surface area (Å²) in [4.78, 5) is 22.5. The molecule has 198 valence electrons. The van der Waals surface area contributed by atoms with Crippen LogP contribution in [0.25, 0.3) is 22.2 Å². The maximum Gasteiger partial charge on any atom is 0.294 e. The van der Waals surface area contributed by atoms with Gasteiger partial charge in [0.2, 0.25) is 5.95 Å². The Hall–Kier alpha value is -3.89. The molecule has 0 fully saturated rings. The van der Waals surface area contributed by atoms with Crippen LogP contribution in [0.1, 0.15) is 17.5 Å². The summed E-state index contributed by atoms with van der Waals surface area (Å²) in [7, 11) is 7.43. The van der Waals surface area contributed by atoms with Gasteiger partial charge in [0.05, 0.1) is 40.2 Å². The SMILES string of the molecule is COc1cc(NCCN(C)C)c([N+](=O)[O-])cc1Nc1ncc(Cl)c(-c2cn(C)c3c4c(ccc23)CCC4)n1. The molecule has 2 aromatic heterocycles. The third kappa shape index (κ3) is 4.84. The van der Waals surface area contributed by atoms with Crippen LogP contribution >= 0.6 is 11.6 Å². The van der Waals surface area contributed by atoms with E-state index in [1.165, 1.54) is 36.0 Å². The van der Waals surface area contributed by atoms with E-state index in [2.05, 4.69) is 32.3 Å². The quantitative estimate of drug-likeness (QED) is 0.216. The Labute approximate surface area is 225 Å². The third-order valence-electron chi connectivity index (χ3n) is 6.85. The lowest BCUT2D eigenvalue weighted by Crippen LogP contribution is -2.21. The molecule has 38 heavy (non-hydrogen) atoms. The van der Waals surface area contributed by atoms with E-state index in [1.807, 2.05) is 32.2 Å². The molecule has 0 aliphatic heterocycles. The molecule has 0 unspecified atom stereocenters. The van der Waals surface area contributed by atoms with E-state index in [-0.39, 0.29) is 11.6 Å². The summed E-state index contributed by atoms with van der Waals surface area (Å²) < 4.78 is 7.68. The molecule has 4 aromatic rings. The topological polar surface area (TPSA) is 110 Å². The van der Waals surface area contributed by atoms with Crippen molar-refractivity contribution in [3.63, 3.8) is 0 Å². The summed E-state index contributed by atoms with van der Waals surface area (Å²) in [6.45, 7) is 1.26. The lowest BCUT2D eigenvalue weighted by molar-refractivity contribution is -0.383. The minimum atomic E-state index is -0.425. The van der Waals surface area contributed by atoms with Crippen molar-refractivity contribution >= 4 is 45.5 Å². The molecule has 5 rings (SSSR count). The Morgan fingerprint density at radius 2 is 2.05 bits per heavy atom. The normalized spacial score (nSPS) is 12.7. The highest BCUT2D eigenvalue weighted by atomic mass is 35.5. The molecular formula is C27H30ClN7O3. The highest BCUT2D eigenvalue weighted by Gasteiger charge is 2.22. The molecule has 2 N–H and O–H groups in total. The fourth-order valence-electron chi connectivity index (χ4n) is 5.06. The average Bonchev–Trinajstić information content (AvgIpc) is 3.49. The molecule has 0 saturated carbocycles. The lowest BCUT2D eigenvalue weighted by atomic mass is 10.0. The molecule has 0 bridgehead atoms. The Morgan fingerprint density at radius 3 is 2.79 bits per heavy atom. The largest absolute Gasteiger partial charge is 0.494 e. The second-order valence-corrected chi connectivity index (χ2v) is 10.1. The van der Waals surface area contributed by atoms with Crippen LogP contribution in [0.5, 0.6) is 5.75 Å². The van der Waals surface area contributed by atoms with Crippen molar-refractivity contribution in [2.24, 2.45) is 7.05 Å². The van der Waals surface area contributed by atoms with Gasteiger partial charge in [0.25, 0.3) is 5.69 Å². The van der Waals surface area contributed by atoms with Crippen molar-refractivity contribution in [3.8, 4) is 17.0 Å². The number of nitrogens with one attached hydrogen (secondary N) is 2. The number of rotatable bonds is 9. The Kier molecular flexibility index (Phi) is 7.09. The maximum atomic E-state index is 11.8. The van der Waals surface area contributed by atoms with Crippen molar-refractivity contribution in [1.29, 1.82) is 0 Å². The number of halogens is 1. The second kappa shape index (κ2) is 10.5. The van der Waals surface area contributed by atoms with Gasteiger partial charge in [-0.2, -0.15) is 0 Å². The zero-order chi connectivity index (χ0) is 27.0.